The lowest BCUT2D eigenvalue weighted by Crippen LogP contribution is -2.12. The van der Waals surface area contributed by atoms with E-state index in [1.165, 1.54) is 39.4 Å². The number of hydrogen-bond donors (Lipinski definition) is 2. The molecule has 0 radical (unpaired) electrons. The van der Waals surface area contributed by atoms with Crippen LogP contribution in [0.2, 0.25) is 0 Å². The highest BCUT2D eigenvalue weighted by molar-refractivity contribution is 5.88. The minimum atomic E-state index is -1.35. The number of hydrogen-bond acceptors (Lipinski definition) is 7. The SMILES string of the molecule is COC(=O)/C(C)=C/[C@H](O)c1cc2ccc(OC)c(O)c2oc1=O. The summed E-state index contributed by atoms with van der Waals surface area (Å²) in [5.74, 6) is -0.753. The second kappa shape index (κ2) is 6.53. The van der Waals surface area contributed by atoms with E-state index in [0.29, 0.717) is 5.39 Å². The molecule has 0 bridgehead atoms. The first kappa shape index (κ1) is 16.6. The molecule has 0 aliphatic heterocycles. The van der Waals surface area contributed by atoms with Crippen LogP contribution < -0.4 is 10.4 Å². The molecule has 1 aromatic heterocycles. The van der Waals surface area contributed by atoms with Gasteiger partial charge in [0.05, 0.1) is 19.8 Å². The van der Waals surface area contributed by atoms with Gasteiger partial charge in [-0.2, -0.15) is 0 Å². The van der Waals surface area contributed by atoms with E-state index < -0.39 is 17.7 Å². The van der Waals surface area contributed by atoms with Crippen LogP contribution in [0.3, 0.4) is 0 Å². The molecule has 0 aliphatic rings. The maximum Gasteiger partial charge on any atom is 0.342 e. The van der Waals surface area contributed by atoms with Gasteiger partial charge in [-0.05, 0) is 31.2 Å². The second-order valence-corrected chi connectivity index (χ2v) is 4.81. The zero-order valence-corrected chi connectivity index (χ0v) is 12.8. The molecule has 0 amide bonds. The number of ether oxygens (including phenoxy) is 2. The smallest absolute Gasteiger partial charge is 0.342 e. The third kappa shape index (κ3) is 3.19. The third-order valence-corrected chi connectivity index (χ3v) is 3.32. The fourth-order valence-electron chi connectivity index (χ4n) is 2.09. The van der Waals surface area contributed by atoms with Crippen molar-refractivity contribution in [3.63, 3.8) is 0 Å². The maximum atomic E-state index is 12.0. The topological polar surface area (TPSA) is 106 Å². The summed E-state index contributed by atoms with van der Waals surface area (Å²) in [6.45, 7) is 1.45. The number of fused-ring (bicyclic) bond motifs is 1. The average molecular weight is 320 g/mol. The van der Waals surface area contributed by atoms with Gasteiger partial charge >= 0.3 is 11.6 Å². The van der Waals surface area contributed by atoms with E-state index in [1.54, 1.807) is 6.07 Å². The van der Waals surface area contributed by atoms with E-state index in [2.05, 4.69) is 4.74 Å². The number of aromatic hydroxyl groups is 1. The molecule has 0 spiro atoms. The Hall–Kier alpha value is -2.80. The Labute approximate surface area is 131 Å². The van der Waals surface area contributed by atoms with Crippen molar-refractivity contribution in [1.29, 1.82) is 0 Å². The van der Waals surface area contributed by atoms with E-state index >= 15 is 0 Å². The van der Waals surface area contributed by atoms with Crippen molar-refractivity contribution >= 4 is 16.9 Å². The summed E-state index contributed by atoms with van der Waals surface area (Å²) in [7, 11) is 2.59. The predicted molar refractivity (Wildman–Crippen MR) is 81.4 cm³/mol. The van der Waals surface area contributed by atoms with Crippen molar-refractivity contribution in [2.24, 2.45) is 0 Å². The van der Waals surface area contributed by atoms with Crippen LogP contribution >= 0.6 is 0 Å². The molecule has 2 N–H and O–H groups in total. The fraction of sp³-hybridized carbons (Fsp3) is 0.250. The molecule has 23 heavy (non-hydrogen) atoms. The largest absolute Gasteiger partial charge is 0.502 e. The summed E-state index contributed by atoms with van der Waals surface area (Å²) < 4.78 is 14.5. The van der Waals surface area contributed by atoms with Gasteiger partial charge < -0.3 is 24.1 Å². The van der Waals surface area contributed by atoms with Crippen LogP contribution in [0.4, 0.5) is 0 Å². The van der Waals surface area contributed by atoms with Crippen LogP contribution in [0, 0.1) is 0 Å². The van der Waals surface area contributed by atoms with Crippen LogP contribution in [0.5, 0.6) is 11.5 Å². The van der Waals surface area contributed by atoms with E-state index in [-0.39, 0.29) is 28.2 Å². The molecule has 7 nitrogen and oxygen atoms in total. The standard InChI is InChI=1S/C16H16O7/c1-8(15(19)22-3)6-11(17)10-7-9-4-5-12(21-2)13(18)14(9)23-16(10)20/h4-7,11,17-18H,1-3H3/b8-6+/t11-/m0/s1. The van der Waals surface area contributed by atoms with E-state index in [0.717, 1.165) is 0 Å². The molecule has 0 aliphatic carbocycles. The molecule has 0 saturated heterocycles. The highest BCUT2D eigenvalue weighted by atomic mass is 16.5. The van der Waals surface area contributed by atoms with Gasteiger partial charge in [-0.3, -0.25) is 0 Å². The van der Waals surface area contributed by atoms with E-state index in [1.807, 2.05) is 0 Å². The quantitative estimate of drug-likeness (QED) is 0.501. The monoisotopic (exact) mass is 320 g/mol. The van der Waals surface area contributed by atoms with Gasteiger partial charge in [0.15, 0.2) is 11.3 Å². The van der Waals surface area contributed by atoms with Crippen molar-refractivity contribution in [1.82, 2.24) is 0 Å². The van der Waals surface area contributed by atoms with Gasteiger partial charge in [-0.1, -0.05) is 0 Å². The van der Waals surface area contributed by atoms with Crippen molar-refractivity contribution in [2.45, 2.75) is 13.0 Å². The first-order chi connectivity index (χ1) is 10.9. The van der Waals surface area contributed by atoms with Gasteiger partial charge in [0.2, 0.25) is 5.75 Å². The molecule has 0 fully saturated rings. The Morgan fingerprint density at radius 1 is 1.35 bits per heavy atom. The Balaban J connectivity index is 2.53. The molecule has 0 unspecified atom stereocenters. The summed E-state index contributed by atoms with van der Waals surface area (Å²) in [4.78, 5) is 23.4. The van der Waals surface area contributed by atoms with Crippen molar-refractivity contribution in [2.75, 3.05) is 14.2 Å². The number of carbonyl (C=O) groups is 1. The van der Waals surface area contributed by atoms with Crippen LogP contribution in [0.15, 0.2) is 39.1 Å². The Bertz CT molecular complexity index is 832. The highest BCUT2D eigenvalue weighted by Crippen LogP contribution is 2.34. The molecule has 122 valence electrons. The lowest BCUT2D eigenvalue weighted by Gasteiger charge is -2.09. The molecule has 7 heteroatoms. The molecular weight excluding hydrogens is 304 g/mol. The van der Waals surface area contributed by atoms with Crippen LogP contribution in [-0.2, 0) is 9.53 Å². The lowest BCUT2D eigenvalue weighted by molar-refractivity contribution is -0.136. The van der Waals surface area contributed by atoms with Gasteiger partial charge in [-0.25, -0.2) is 9.59 Å². The van der Waals surface area contributed by atoms with Gasteiger partial charge in [0, 0.05) is 11.0 Å². The Morgan fingerprint density at radius 3 is 2.65 bits per heavy atom. The minimum absolute atomic E-state index is 0.0426. The molecule has 1 atom stereocenters. The number of methoxy groups -OCH3 is 2. The first-order valence-electron chi connectivity index (χ1n) is 6.67. The van der Waals surface area contributed by atoms with Gasteiger partial charge in [0.1, 0.15) is 6.10 Å². The summed E-state index contributed by atoms with van der Waals surface area (Å²) >= 11 is 0. The molecule has 2 aromatic rings. The van der Waals surface area contributed by atoms with E-state index in [9.17, 15) is 19.8 Å². The van der Waals surface area contributed by atoms with Crippen LogP contribution in [0.1, 0.15) is 18.6 Å². The molecular formula is C16H16O7. The molecule has 0 saturated carbocycles. The highest BCUT2D eigenvalue weighted by Gasteiger charge is 2.17. The normalized spacial score (nSPS) is 13.0. The van der Waals surface area contributed by atoms with E-state index in [4.69, 9.17) is 9.15 Å². The zero-order chi connectivity index (χ0) is 17.1. The van der Waals surface area contributed by atoms with Gasteiger partial charge in [-0.15, -0.1) is 0 Å². The number of esters is 1. The predicted octanol–water partition coefficient (Wildman–Crippen LogP) is 1.66. The zero-order valence-electron chi connectivity index (χ0n) is 12.8. The minimum Gasteiger partial charge on any atom is -0.502 e. The van der Waals surface area contributed by atoms with Crippen molar-refractivity contribution in [3.05, 3.63) is 45.8 Å². The summed E-state index contributed by atoms with van der Waals surface area (Å²) in [6, 6.07) is 4.46. The molecule has 1 aromatic carbocycles. The number of benzene rings is 1. The first-order valence-corrected chi connectivity index (χ1v) is 6.67. The van der Waals surface area contributed by atoms with Crippen LogP contribution in [-0.4, -0.2) is 30.4 Å². The number of aliphatic hydroxyl groups is 1. The number of rotatable bonds is 4. The average Bonchev–Trinajstić information content (AvgIpc) is 2.54. The Morgan fingerprint density at radius 2 is 2.04 bits per heavy atom. The van der Waals surface area contributed by atoms with Crippen LogP contribution in [0.25, 0.3) is 11.0 Å². The number of phenolic OH excluding ortho intramolecular Hbond substituents is 1. The lowest BCUT2D eigenvalue weighted by atomic mass is 10.1. The number of carbonyl (C=O) groups excluding carboxylic acids is 1. The summed E-state index contributed by atoms with van der Waals surface area (Å²) in [6.07, 6.45) is -0.160. The van der Waals surface area contributed by atoms with Crippen molar-refractivity contribution in [3.8, 4) is 11.5 Å². The number of aliphatic hydroxyl groups excluding tert-OH is 1. The van der Waals surface area contributed by atoms with Crippen molar-refractivity contribution < 1.29 is 28.9 Å². The number of phenols is 1. The third-order valence-electron chi connectivity index (χ3n) is 3.32. The molecule has 2 rings (SSSR count). The summed E-state index contributed by atoms with van der Waals surface area (Å²) in [5, 5.41) is 20.5. The fourth-order valence-corrected chi connectivity index (χ4v) is 2.09. The Kier molecular flexibility index (Phi) is 4.71. The molecule has 1 heterocycles. The second-order valence-electron chi connectivity index (χ2n) is 4.81. The maximum absolute atomic E-state index is 12.0. The summed E-state index contributed by atoms with van der Waals surface area (Å²) in [5.41, 5.74) is -0.788. The van der Waals surface area contributed by atoms with Gasteiger partial charge in [0.25, 0.3) is 0 Å².